The summed E-state index contributed by atoms with van der Waals surface area (Å²) >= 11 is 0. The molecule has 1 fully saturated rings. The van der Waals surface area contributed by atoms with Crippen molar-refractivity contribution in [2.45, 2.75) is 32.0 Å². The van der Waals surface area contributed by atoms with Gasteiger partial charge >= 0.3 is 0 Å². The molecule has 1 atom stereocenters. The number of imidazole rings is 1. The van der Waals surface area contributed by atoms with Gasteiger partial charge in [-0.3, -0.25) is 9.59 Å². The molecular formula is C23H24N4O3. The fraction of sp³-hybridized carbons (Fsp3) is 0.348. The van der Waals surface area contributed by atoms with E-state index in [-0.39, 0.29) is 17.9 Å². The van der Waals surface area contributed by atoms with E-state index in [0.29, 0.717) is 43.1 Å². The molecule has 5 rings (SSSR count). The summed E-state index contributed by atoms with van der Waals surface area (Å²) in [5.74, 6) is 0.213. The topological polar surface area (TPSA) is 76.5 Å². The minimum absolute atomic E-state index is 0.0781. The molecule has 2 aromatic carbocycles. The lowest BCUT2D eigenvalue weighted by atomic mass is 10.1. The predicted octanol–water partition coefficient (Wildman–Crippen LogP) is 2.60. The third kappa shape index (κ3) is 3.57. The van der Waals surface area contributed by atoms with Crippen molar-refractivity contribution >= 4 is 22.8 Å². The van der Waals surface area contributed by atoms with Crippen molar-refractivity contribution in [3.05, 3.63) is 65.5 Å². The Morgan fingerprint density at radius 1 is 1.17 bits per heavy atom. The van der Waals surface area contributed by atoms with Crippen LogP contribution in [0.2, 0.25) is 0 Å². The summed E-state index contributed by atoms with van der Waals surface area (Å²) in [6.07, 6.45) is 2.13. The van der Waals surface area contributed by atoms with Crippen LogP contribution in [0, 0.1) is 0 Å². The van der Waals surface area contributed by atoms with Gasteiger partial charge in [0, 0.05) is 38.3 Å². The first kappa shape index (κ1) is 18.8. The first-order valence-corrected chi connectivity index (χ1v) is 10.4. The Morgan fingerprint density at radius 2 is 2.03 bits per heavy atom. The number of amides is 2. The van der Waals surface area contributed by atoms with Crippen LogP contribution in [0.4, 0.5) is 0 Å². The first-order chi connectivity index (χ1) is 14.7. The van der Waals surface area contributed by atoms with Gasteiger partial charge in [-0.15, -0.1) is 0 Å². The third-order valence-electron chi connectivity index (χ3n) is 5.81. The van der Waals surface area contributed by atoms with E-state index in [9.17, 15) is 9.59 Å². The van der Waals surface area contributed by atoms with E-state index in [1.54, 1.807) is 12.1 Å². The Kier molecular flexibility index (Phi) is 4.96. The maximum Gasteiger partial charge on any atom is 0.290 e. The number of hydrogen-bond donors (Lipinski definition) is 1. The number of nitrogens with one attached hydrogen (secondary N) is 1. The van der Waals surface area contributed by atoms with Crippen molar-refractivity contribution in [1.29, 1.82) is 0 Å². The fourth-order valence-corrected chi connectivity index (χ4v) is 4.19. The van der Waals surface area contributed by atoms with E-state index in [4.69, 9.17) is 4.74 Å². The van der Waals surface area contributed by atoms with Crippen LogP contribution in [0.5, 0.6) is 0 Å². The van der Waals surface area contributed by atoms with E-state index in [1.165, 1.54) is 0 Å². The van der Waals surface area contributed by atoms with Gasteiger partial charge in [0.1, 0.15) is 0 Å². The van der Waals surface area contributed by atoms with Crippen LogP contribution in [-0.2, 0) is 17.8 Å². The van der Waals surface area contributed by atoms with Gasteiger partial charge < -0.3 is 19.5 Å². The molecule has 1 aromatic heterocycles. The Morgan fingerprint density at radius 3 is 2.83 bits per heavy atom. The summed E-state index contributed by atoms with van der Waals surface area (Å²) in [4.78, 5) is 31.9. The van der Waals surface area contributed by atoms with Gasteiger partial charge in [0.05, 0.1) is 17.1 Å². The van der Waals surface area contributed by atoms with Crippen LogP contribution in [0.3, 0.4) is 0 Å². The van der Waals surface area contributed by atoms with Crippen LogP contribution >= 0.6 is 0 Å². The minimum Gasteiger partial charge on any atom is -0.376 e. The zero-order chi connectivity index (χ0) is 20.5. The Labute approximate surface area is 174 Å². The van der Waals surface area contributed by atoms with Crippen LogP contribution in [0.25, 0.3) is 11.0 Å². The van der Waals surface area contributed by atoms with Crippen molar-refractivity contribution in [3.8, 4) is 0 Å². The second-order valence-electron chi connectivity index (χ2n) is 7.85. The summed E-state index contributed by atoms with van der Waals surface area (Å²) in [7, 11) is 0. The zero-order valence-electron chi connectivity index (χ0n) is 16.7. The van der Waals surface area contributed by atoms with Crippen LogP contribution in [0.1, 0.15) is 39.4 Å². The summed E-state index contributed by atoms with van der Waals surface area (Å²) < 4.78 is 7.51. The average Bonchev–Trinajstić information content (AvgIpc) is 3.42. The van der Waals surface area contributed by atoms with E-state index >= 15 is 0 Å². The molecule has 2 amide bonds. The number of carbonyl (C=O) groups is 2. The van der Waals surface area contributed by atoms with Crippen LogP contribution in [-0.4, -0.2) is 52.1 Å². The highest BCUT2D eigenvalue weighted by atomic mass is 16.5. The number of hydrogen-bond acceptors (Lipinski definition) is 4. The van der Waals surface area contributed by atoms with Gasteiger partial charge in [-0.1, -0.05) is 30.3 Å². The maximum absolute atomic E-state index is 13.0. The molecule has 3 aromatic rings. The van der Waals surface area contributed by atoms with E-state index in [2.05, 4.69) is 10.3 Å². The summed E-state index contributed by atoms with van der Waals surface area (Å²) in [5.41, 5.74) is 3.20. The molecule has 0 unspecified atom stereocenters. The maximum atomic E-state index is 13.0. The molecule has 1 N–H and O–H groups in total. The second kappa shape index (κ2) is 7.91. The summed E-state index contributed by atoms with van der Waals surface area (Å²) in [5, 5.41) is 2.94. The molecule has 0 spiro atoms. The SMILES string of the molecule is O=C(NC[C@H]1CCCO1)c1ccc2c(c1)nc1n2CCN(Cc2ccccc2)C1=O. The van der Waals surface area contributed by atoms with Gasteiger partial charge in [-0.25, -0.2) is 4.98 Å². The van der Waals surface area contributed by atoms with Gasteiger partial charge in [0.15, 0.2) is 5.82 Å². The monoisotopic (exact) mass is 404 g/mol. The number of ether oxygens (including phenoxy) is 1. The first-order valence-electron chi connectivity index (χ1n) is 10.4. The highest BCUT2D eigenvalue weighted by Crippen LogP contribution is 2.23. The van der Waals surface area contributed by atoms with Crippen molar-refractivity contribution < 1.29 is 14.3 Å². The third-order valence-corrected chi connectivity index (χ3v) is 5.81. The van der Waals surface area contributed by atoms with Crippen LogP contribution < -0.4 is 5.32 Å². The lowest BCUT2D eigenvalue weighted by Crippen LogP contribution is -2.39. The number of fused-ring (bicyclic) bond motifs is 3. The molecule has 7 nitrogen and oxygen atoms in total. The minimum atomic E-state index is -0.143. The highest BCUT2D eigenvalue weighted by molar-refractivity contribution is 6.00. The number of aromatic nitrogens is 2. The molecule has 0 bridgehead atoms. The van der Waals surface area contributed by atoms with Crippen molar-refractivity contribution in [2.24, 2.45) is 0 Å². The fourth-order valence-electron chi connectivity index (χ4n) is 4.19. The lowest BCUT2D eigenvalue weighted by Gasteiger charge is -2.27. The number of benzene rings is 2. The van der Waals surface area contributed by atoms with Gasteiger partial charge in [0.25, 0.3) is 11.8 Å². The van der Waals surface area contributed by atoms with Gasteiger partial charge in [-0.2, -0.15) is 0 Å². The molecule has 30 heavy (non-hydrogen) atoms. The molecule has 154 valence electrons. The molecule has 0 radical (unpaired) electrons. The standard InChI is InChI=1S/C23H24N4O3/c28-22(24-14-18-7-4-12-30-18)17-8-9-20-19(13-17)25-21-23(29)26(10-11-27(20)21)15-16-5-2-1-3-6-16/h1-3,5-6,8-9,13,18H,4,7,10-12,14-15H2,(H,24,28)/t18-/m1/s1. The van der Waals surface area contributed by atoms with Crippen molar-refractivity contribution in [1.82, 2.24) is 19.8 Å². The molecule has 0 saturated carbocycles. The summed E-state index contributed by atoms with van der Waals surface area (Å²) in [6, 6.07) is 15.4. The van der Waals surface area contributed by atoms with Gasteiger partial charge in [0.2, 0.25) is 0 Å². The summed E-state index contributed by atoms with van der Waals surface area (Å²) in [6.45, 7) is 3.18. The number of carbonyl (C=O) groups excluding carboxylic acids is 2. The van der Waals surface area contributed by atoms with Crippen LogP contribution in [0.15, 0.2) is 48.5 Å². The number of nitrogens with zero attached hydrogens (tertiary/aromatic N) is 3. The zero-order valence-corrected chi connectivity index (χ0v) is 16.7. The Bertz CT molecular complexity index is 1090. The second-order valence-corrected chi connectivity index (χ2v) is 7.85. The quantitative estimate of drug-likeness (QED) is 0.709. The van der Waals surface area contributed by atoms with Crippen molar-refractivity contribution in [2.75, 3.05) is 19.7 Å². The largest absolute Gasteiger partial charge is 0.376 e. The lowest BCUT2D eigenvalue weighted by molar-refractivity contribution is 0.0685. The molecule has 0 aliphatic carbocycles. The molecular weight excluding hydrogens is 380 g/mol. The molecule has 2 aliphatic rings. The Hall–Kier alpha value is -3.19. The highest BCUT2D eigenvalue weighted by Gasteiger charge is 2.28. The molecule has 3 heterocycles. The van der Waals surface area contributed by atoms with E-state index < -0.39 is 0 Å². The molecule has 2 aliphatic heterocycles. The van der Waals surface area contributed by atoms with Gasteiger partial charge in [-0.05, 0) is 36.6 Å². The molecule has 1 saturated heterocycles. The average molecular weight is 404 g/mol. The molecule has 7 heteroatoms. The predicted molar refractivity (Wildman–Crippen MR) is 112 cm³/mol. The smallest absolute Gasteiger partial charge is 0.290 e. The number of rotatable bonds is 5. The van der Waals surface area contributed by atoms with Crippen molar-refractivity contribution in [3.63, 3.8) is 0 Å². The van der Waals surface area contributed by atoms with E-state index in [0.717, 1.165) is 30.5 Å². The normalized spacial score (nSPS) is 18.6. The Balaban J connectivity index is 1.34. The van der Waals surface area contributed by atoms with E-state index in [1.807, 2.05) is 45.9 Å².